The Kier molecular flexibility index (Phi) is 8.95. The van der Waals surface area contributed by atoms with E-state index in [0.717, 1.165) is 28.0 Å². The summed E-state index contributed by atoms with van der Waals surface area (Å²) in [5.74, 6) is 0.0465. The average Bonchev–Trinajstić information content (AvgIpc) is 3.03. The molecule has 0 heterocycles. The van der Waals surface area contributed by atoms with Gasteiger partial charge < -0.3 is 5.32 Å². The number of carbonyl (C=O) groups is 1. The normalized spacial score (nSPS) is 12.3. The van der Waals surface area contributed by atoms with Crippen LogP contribution in [0.3, 0.4) is 0 Å². The highest BCUT2D eigenvalue weighted by atomic mass is 16.2. The minimum absolute atomic E-state index is 0.0927. The van der Waals surface area contributed by atoms with Gasteiger partial charge in [0.05, 0.1) is 11.8 Å². The van der Waals surface area contributed by atoms with Crippen LogP contribution in [0.4, 0.5) is 0 Å². The van der Waals surface area contributed by atoms with Gasteiger partial charge in [-0.15, -0.1) is 0 Å². The summed E-state index contributed by atoms with van der Waals surface area (Å²) >= 11 is 0. The Bertz CT molecular complexity index is 1420. The second-order valence-corrected chi connectivity index (χ2v) is 10.0. The van der Waals surface area contributed by atoms with Crippen LogP contribution in [-0.2, 0) is 4.79 Å². The number of amides is 1. The van der Waals surface area contributed by atoms with E-state index in [-0.39, 0.29) is 17.9 Å². The first-order chi connectivity index (χ1) is 19.7. The summed E-state index contributed by atoms with van der Waals surface area (Å²) in [4.78, 5) is 19.5. The zero-order valence-corrected chi connectivity index (χ0v) is 22.7. The van der Waals surface area contributed by atoms with E-state index in [0.29, 0.717) is 6.42 Å². The molecule has 2 atom stereocenters. The molecule has 0 aliphatic heterocycles. The van der Waals surface area contributed by atoms with Crippen molar-refractivity contribution in [1.82, 2.24) is 5.32 Å². The lowest BCUT2D eigenvalue weighted by Gasteiger charge is -2.24. The van der Waals surface area contributed by atoms with Gasteiger partial charge in [-0.3, -0.25) is 9.79 Å². The molecule has 0 aliphatic rings. The van der Waals surface area contributed by atoms with Gasteiger partial charge >= 0.3 is 0 Å². The van der Waals surface area contributed by atoms with Crippen LogP contribution < -0.4 is 5.32 Å². The highest BCUT2D eigenvalue weighted by molar-refractivity contribution is 6.13. The van der Waals surface area contributed by atoms with Crippen molar-refractivity contribution in [2.75, 3.05) is 0 Å². The van der Waals surface area contributed by atoms with Crippen molar-refractivity contribution in [3.63, 3.8) is 0 Å². The molecule has 0 bridgehead atoms. The number of aliphatic imine (C=N–C) groups is 1. The lowest BCUT2D eigenvalue weighted by Crippen LogP contribution is -2.38. The molecule has 0 aromatic heterocycles. The minimum atomic E-state index is -0.597. The molecule has 5 aromatic rings. The van der Waals surface area contributed by atoms with Crippen molar-refractivity contribution in [1.29, 1.82) is 0 Å². The summed E-state index contributed by atoms with van der Waals surface area (Å²) in [7, 11) is 0. The first-order valence-electron chi connectivity index (χ1n) is 13.8. The summed E-state index contributed by atoms with van der Waals surface area (Å²) < 4.78 is 0. The number of rotatable bonds is 10. The molecular weight excluding hydrogens is 488 g/mol. The van der Waals surface area contributed by atoms with E-state index < -0.39 is 6.04 Å². The maximum absolute atomic E-state index is 14.2. The molecule has 0 spiro atoms. The SMILES string of the molecule is C[C@H](C[C@@H](N=C(c1ccccc1)c1ccccc1)C(=O)NC(c1ccccc1)c1ccccc1)c1ccccc1. The zero-order valence-electron chi connectivity index (χ0n) is 22.7. The van der Waals surface area contributed by atoms with E-state index >= 15 is 0 Å². The Labute approximate surface area is 237 Å². The topological polar surface area (TPSA) is 41.5 Å². The van der Waals surface area contributed by atoms with Gasteiger partial charge in [0.1, 0.15) is 6.04 Å². The lowest BCUT2D eigenvalue weighted by atomic mass is 9.92. The third-order valence-electron chi connectivity index (χ3n) is 7.18. The van der Waals surface area contributed by atoms with E-state index in [4.69, 9.17) is 4.99 Å². The van der Waals surface area contributed by atoms with Crippen LogP contribution >= 0.6 is 0 Å². The molecule has 3 nitrogen and oxygen atoms in total. The molecule has 0 radical (unpaired) electrons. The van der Waals surface area contributed by atoms with E-state index in [1.807, 2.05) is 91.0 Å². The van der Waals surface area contributed by atoms with Crippen molar-refractivity contribution in [3.8, 4) is 0 Å². The first-order valence-corrected chi connectivity index (χ1v) is 13.8. The molecule has 1 amide bonds. The summed E-state index contributed by atoms with van der Waals surface area (Å²) in [5.41, 5.74) is 6.05. The molecule has 0 saturated heterocycles. The van der Waals surface area contributed by atoms with Crippen molar-refractivity contribution in [2.45, 2.75) is 31.3 Å². The standard InChI is InChI=1S/C37H34N2O/c1-28(29-17-7-2-8-18-29)27-34(38-35(30-19-9-3-10-20-30)31-21-11-4-12-22-31)37(40)39-36(32-23-13-5-14-24-32)33-25-15-6-16-26-33/h2-26,28,34,36H,27H2,1H3,(H,39,40)/t28-,34-/m1/s1. The summed E-state index contributed by atoms with van der Waals surface area (Å²) in [5, 5.41) is 3.37. The smallest absolute Gasteiger partial charge is 0.245 e. The number of nitrogens with zero attached hydrogens (tertiary/aromatic N) is 1. The molecule has 5 aromatic carbocycles. The molecule has 1 N–H and O–H groups in total. The van der Waals surface area contributed by atoms with Crippen LogP contribution in [0.25, 0.3) is 0 Å². The van der Waals surface area contributed by atoms with Crippen LogP contribution in [0, 0.1) is 0 Å². The van der Waals surface area contributed by atoms with Gasteiger partial charge in [0.25, 0.3) is 0 Å². The highest BCUT2D eigenvalue weighted by Gasteiger charge is 2.26. The number of hydrogen-bond acceptors (Lipinski definition) is 2. The molecule has 0 aliphatic carbocycles. The molecule has 198 valence electrons. The van der Waals surface area contributed by atoms with Crippen LogP contribution in [0.5, 0.6) is 0 Å². The van der Waals surface area contributed by atoms with E-state index in [2.05, 4.69) is 72.9 Å². The second kappa shape index (κ2) is 13.3. The van der Waals surface area contributed by atoms with Gasteiger partial charge in [-0.25, -0.2) is 0 Å². The first kappa shape index (κ1) is 26.8. The van der Waals surface area contributed by atoms with E-state index in [1.54, 1.807) is 0 Å². The van der Waals surface area contributed by atoms with Gasteiger partial charge in [0.15, 0.2) is 0 Å². The van der Waals surface area contributed by atoms with Gasteiger partial charge in [0, 0.05) is 11.1 Å². The zero-order chi connectivity index (χ0) is 27.6. The Morgan fingerprint density at radius 1 is 0.575 bits per heavy atom. The predicted octanol–water partition coefficient (Wildman–Crippen LogP) is 7.99. The Balaban J connectivity index is 1.55. The number of benzene rings is 5. The average molecular weight is 523 g/mol. The summed E-state index contributed by atoms with van der Waals surface area (Å²) in [6, 6.07) is 50.0. The Hall–Kier alpha value is -4.76. The van der Waals surface area contributed by atoms with Crippen molar-refractivity contribution >= 4 is 11.6 Å². The van der Waals surface area contributed by atoms with Gasteiger partial charge in [-0.1, -0.05) is 159 Å². The van der Waals surface area contributed by atoms with Crippen molar-refractivity contribution in [2.24, 2.45) is 4.99 Å². The molecule has 0 saturated carbocycles. The van der Waals surface area contributed by atoms with Crippen LogP contribution in [0.1, 0.15) is 53.1 Å². The van der Waals surface area contributed by atoms with Gasteiger partial charge in [-0.2, -0.15) is 0 Å². The molecule has 40 heavy (non-hydrogen) atoms. The quantitative estimate of drug-likeness (QED) is 0.186. The lowest BCUT2D eigenvalue weighted by molar-refractivity contribution is -0.123. The summed E-state index contributed by atoms with van der Waals surface area (Å²) in [6.45, 7) is 2.17. The Morgan fingerprint density at radius 3 is 1.38 bits per heavy atom. The van der Waals surface area contributed by atoms with Crippen molar-refractivity contribution in [3.05, 3.63) is 179 Å². The molecule has 3 heteroatoms. The Morgan fingerprint density at radius 2 is 0.950 bits per heavy atom. The van der Waals surface area contributed by atoms with Gasteiger partial charge in [-0.05, 0) is 29.0 Å². The fourth-order valence-electron chi connectivity index (χ4n) is 5.02. The van der Waals surface area contributed by atoms with E-state index in [9.17, 15) is 4.79 Å². The molecule has 5 rings (SSSR count). The number of carbonyl (C=O) groups excluding carboxylic acids is 1. The van der Waals surface area contributed by atoms with Crippen LogP contribution in [0.2, 0.25) is 0 Å². The van der Waals surface area contributed by atoms with Gasteiger partial charge in [0.2, 0.25) is 5.91 Å². The maximum Gasteiger partial charge on any atom is 0.245 e. The molecule has 0 unspecified atom stereocenters. The third kappa shape index (κ3) is 6.81. The monoisotopic (exact) mass is 522 g/mol. The fraction of sp³-hybridized carbons (Fsp3) is 0.135. The second-order valence-electron chi connectivity index (χ2n) is 10.0. The highest BCUT2D eigenvalue weighted by Crippen LogP contribution is 2.26. The fourth-order valence-corrected chi connectivity index (χ4v) is 5.02. The van der Waals surface area contributed by atoms with Crippen LogP contribution in [-0.4, -0.2) is 17.7 Å². The summed E-state index contributed by atoms with van der Waals surface area (Å²) in [6.07, 6.45) is 0.579. The largest absolute Gasteiger partial charge is 0.343 e. The van der Waals surface area contributed by atoms with E-state index in [1.165, 1.54) is 5.56 Å². The predicted molar refractivity (Wildman–Crippen MR) is 165 cm³/mol. The number of hydrogen-bond donors (Lipinski definition) is 1. The number of nitrogens with one attached hydrogen (secondary N) is 1. The van der Waals surface area contributed by atoms with Crippen LogP contribution in [0.15, 0.2) is 157 Å². The molecular formula is C37H34N2O. The van der Waals surface area contributed by atoms with Crippen molar-refractivity contribution < 1.29 is 4.79 Å². The third-order valence-corrected chi connectivity index (χ3v) is 7.18. The minimum Gasteiger partial charge on any atom is -0.343 e. The maximum atomic E-state index is 14.2. The molecule has 0 fully saturated rings.